The molecule has 0 radical (unpaired) electrons. The summed E-state index contributed by atoms with van der Waals surface area (Å²) in [5.74, 6) is 1.86. The van der Waals surface area contributed by atoms with E-state index in [1.54, 1.807) is 0 Å². The van der Waals surface area contributed by atoms with E-state index in [-0.39, 0.29) is 0 Å². The first kappa shape index (κ1) is 9.00. The summed E-state index contributed by atoms with van der Waals surface area (Å²) in [5.41, 5.74) is 0. The fourth-order valence-electron chi connectivity index (χ4n) is 1.02. The molecule has 0 rings (SSSR count). The van der Waals surface area contributed by atoms with Crippen molar-refractivity contribution >= 4 is 0 Å². The lowest BCUT2D eigenvalue weighted by atomic mass is 9.94. The van der Waals surface area contributed by atoms with Gasteiger partial charge in [-0.25, -0.2) is 0 Å². The standard InChI is InChI=1S/C9H20/c1-5-8(3)7-9(4)6-2/h8-9H,5-7H2,1-4H3/t8-,9?/m1/s1. The fraction of sp³-hybridized carbons (Fsp3) is 1.00. The van der Waals surface area contributed by atoms with Gasteiger partial charge in [0.05, 0.1) is 0 Å². The second kappa shape index (κ2) is 4.84. The van der Waals surface area contributed by atoms with Crippen molar-refractivity contribution in [1.82, 2.24) is 0 Å². The molecule has 0 saturated carbocycles. The van der Waals surface area contributed by atoms with Crippen LogP contribution in [0.25, 0.3) is 0 Å². The van der Waals surface area contributed by atoms with E-state index >= 15 is 0 Å². The van der Waals surface area contributed by atoms with Gasteiger partial charge < -0.3 is 0 Å². The predicted octanol–water partition coefficient (Wildman–Crippen LogP) is 3.47. The molecule has 56 valence electrons. The Labute approximate surface area is 59.7 Å². The van der Waals surface area contributed by atoms with Crippen LogP contribution in [0.2, 0.25) is 0 Å². The zero-order valence-electron chi connectivity index (χ0n) is 7.28. The van der Waals surface area contributed by atoms with Crippen LogP contribution in [0, 0.1) is 11.8 Å². The minimum atomic E-state index is 0.931. The first-order valence-electron chi connectivity index (χ1n) is 4.20. The van der Waals surface area contributed by atoms with Crippen molar-refractivity contribution < 1.29 is 0 Å². The van der Waals surface area contributed by atoms with Crippen molar-refractivity contribution in [2.45, 2.75) is 47.0 Å². The lowest BCUT2D eigenvalue weighted by molar-refractivity contribution is 0.397. The van der Waals surface area contributed by atoms with Crippen molar-refractivity contribution in [2.24, 2.45) is 11.8 Å². The topological polar surface area (TPSA) is 0 Å². The minimum absolute atomic E-state index is 0.931. The molecule has 0 fully saturated rings. The highest BCUT2D eigenvalue weighted by molar-refractivity contribution is 4.55. The van der Waals surface area contributed by atoms with Gasteiger partial charge in [0.15, 0.2) is 0 Å². The van der Waals surface area contributed by atoms with Gasteiger partial charge >= 0.3 is 0 Å². The quantitative estimate of drug-likeness (QED) is 0.544. The Morgan fingerprint density at radius 2 is 1.22 bits per heavy atom. The van der Waals surface area contributed by atoms with E-state index in [0.717, 1.165) is 11.8 Å². The summed E-state index contributed by atoms with van der Waals surface area (Å²) in [6, 6.07) is 0. The zero-order chi connectivity index (χ0) is 7.28. The average molecular weight is 128 g/mol. The second-order valence-corrected chi connectivity index (χ2v) is 3.26. The Hall–Kier alpha value is 0. The Balaban J connectivity index is 3.22. The van der Waals surface area contributed by atoms with E-state index < -0.39 is 0 Å². The molecular weight excluding hydrogens is 108 g/mol. The maximum absolute atomic E-state index is 2.34. The Kier molecular flexibility index (Phi) is 4.84. The Morgan fingerprint density at radius 1 is 0.889 bits per heavy atom. The summed E-state index contributed by atoms with van der Waals surface area (Å²) in [6.07, 6.45) is 4.08. The molecule has 0 amide bonds. The molecule has 0 heterocycles. The van der Waals surface area contributed by atoms with Crippen LogP contribution < -0.4 is 0 Å². The van der Waals surface area contributed by atoms with Gasteiger partial charge in [0.25, 0.3) is 0 Å². The molecule has 0 bridgehead atoms. The highest BCUT2D eigenvalue weighted by atomic mass is 14.1. The molecule has 9 heavy (non-hydrogen) atoms. The molecule has 0 aromatic heterocycles. The van der Waals surface area contributed by atoms with Crippen LogP contribution in [0.1, 0.15) is 47.0 Å². The molecular formula is C9H20. The summed E-state index contributed by atoms with van der Waals surface area (Å²) in [4.78, 5) is 0. The normalized spacial score (nSPS) is 17.3. The molecule has 0 saturated heterocycles. The summed E-state index contributed by atoms with van der Waals surface area (Å²) < 4.78 is 0. The van der Waals surface area contributed by atoms with Crippen LogP contribution in [0.5, 0.6) is 0 Å². The van der Waals surface area contributed by atoms with Gasteiger partial charge in [-0.05, 0) is 18.3 Å². The summed E-state index contributed by atoms with van der Waals surface area (Å²) in [5, 5.41) is 0. The van der Waals surface area contributed by atoms with Gasteiger partial charge in [-0.1, -0.05) is 40.5 Å². The van der Waals surface area contributed by atoms with Crippen LogP contribution in [0.4, 0.5) is 0 Å². The first-order valence-corrected chi connectivity index (χ1v) is 4.20. The predicted molar refractivity (Wildman–Crippen MR) is 43.5 cm³/mol. The van der Waals surface area contributed by atoms with E-state index in [9.17, 15) is 0 Å². The van der Waals surface area contributed by atoms with Crippen LogP contribution in [-0.2, 0) is 0 Å². The van der Waals surface area contributed by atoms with Crippen molar-refractivity contribution in [3.8, 4) is 0 Å². The fourth-order valence-corrected chi connectivity index (χ4v) is 1.02. The monoisotopic (exact) mass is 128 g/mol. The third kappa shape index (κ3) is 4.50. The largest absolute Gasteiger partial charge is 0.0651 e. The van der Waals surface area contributed by atoms with Gasteiger partial charge in [-0.2, -0.15) is 0 Å². The van der Waals surface area contributed by atoms with Crippen LogP contribution >= 0.6 is 0 Å². The molecule has 0 N–H and O–H groups in total. The van der Waals surface area contributed by atoms with Crippen LogP contribution in [-0.4, -0.2) is 0 Å². The van der Waals surface area contributed by atoms with Gasteiger partial charge in [0, 0.05) is 0 Å². The highest BCUT2D eigenvalue weighted by Gasteiger charge is 2.03. The Bertz CT molecular complexity index is 49.1. The molecule has 0 spiro atoms. The smallest absolute Gasteiger partial charge is 0.0443 e. The molecule has 1 unspecified atom stereocenters. The van der Waals surface area contributed by atoms with E-state index in [1.807, 2.05) is 0 Å². The molecule has 0 aromatic rings. The van der Waals surface area contributed by atoms with E-state index in [4.69, 9.17) is 0 Å². The summed E-state index contributed by atoms with van der Waals surface area (Å²) >= 11 is 0. The maximum atomic E-state index is 2.34. The van der Waals surface area contributed by atoms with Gasteiger partial charge in [0.2, 0.25) is 0 Å². The molecule has 0 heteroatoms. The molecule has 0 aromatic carbocycles. The molecule has 2 atom stereocenters. The minimum Gasteiger partial charge on any atom is -0.0651 e. The summed E-state index contributed by atoms with van der Waals surface area (Å²) in [7, 11) is 0. The lowest BCUT2D eigenvalue weighted by Gasteiger charge is -2.12. The van der Waals surface area contributed by atoms with Crippen molar-refractivity contribution in [2.75, 3.05) is 0 Å². The average Bonchev–Trinajstić information content (AvgIpc) is 1.87. The third-order valence-corrected chi connectivity index (χ3v) is 2.20. The van der Waals surface area contributed by atoms with Crippen molar-refractivity contribution in [1.29, 1.82) is 0 Å². The van der Waals surface area contributed by atoms with Crippen molar-refractivity contribution in [3.63, 3.8) is 0 Å². The van der Waals surface area contributed by atoms with E-state index in [1.165, 1.54) is 19.3 Å². The zero-order valence-corrected chi connectivity index (χ0v) is 7.28. The van der Waals surface area contributed by atoms with Gasteiger partial charge in [0.1, 0.15) is 0 Å². The third-order valence-electron chi connectivity index (χ3n) is 2.20. The summed E-state index contributed by atoms with van der Waals surface area (Å²) in [6.45, 7) is 9.22. The molecule has 0 aliphatic rings. The highest BCUT2D eigenvalue weighted by Crippen LogP contribution is 2.16. The van der Waals surface area contributed by atoms with E-state index in [0.29, 0.717) is 0 Å². The van der Waals surface area contributed by atoms with Gasteiger partial charge in [-0.3, -0.25) is 0 Å². The second-order valence-electron chi connectivity index (χ2n) is 3.26. The molecule has 0 aliphatic carbocycles. The molecule has 0 nitrogen and oxygen atoms in total. The number of rotatable bonds is 4. The van der Waals surface area contributed by atoms with Crippen LogP contribution in [0.15, 0.2) is 0 Å². The van der Waals surface area contributed by atoms with Crippen molar-refractivity contribution in [3.05, 3.63) is 0 Å². The number of hydrogen-bond donors (Lipinski definition) is 0. The van der Waals surface area contributed by atoms with Gasteiger partial charge in [-0.15, -0.1) is 0 Å². The maximum Gasteiger partial charge on any atom is -0.0443 e. The number of hydrogen-bond acceptors (Lipinski definition) is 0. The lowest BCUT2D eigenvalue weighted by Crippen LogP contribution is -2.00. The Morgan fingerprint density at radius 3 is 1.44 bits per heavy atom. The van der Waals surface area contributed by atoms with E-state index in [2.05, 4.69) is 27.7 Å². The van der Waals surface area contributed by atoms with Crippen LogP contribution in [0.3, 0.4) is 0 Å². The molecule has 0 aliphatic heterocycles. The first-order chi connectivity index (χ1) is 4.20. The SMILES string of the molecule is CCC(C)C[C@H](C)CC.